The van der Waals surface area contributed by atoms with Gasteiger partial charge in [0.15, 0.2) is 0 Å². The summed E-state index contributed by atoms with van der Waals surface area (Å²) >= 11 is 6.18. The molecule has 3 heterocycles. The summed E-state index contributed by atoms with van der Waals surface area (Å²) in [7, 11) is 0. The summed E-state index contributed by atoms with van der Waals surface area (Å²) in [5.41, 5.74) is 0. The highest BCUT2D eigenvalue weighted by atomic mass is 35.5. The maximum absolute atomic E-state index is 6.18. The minimum absolute atomic E-state index is 0.228. The van der Waals surface area contributed by atoms with Crippen molar-refractivity contribution in [3.05, 3.63) is 5.28 Å². The van der Waals surface area contributed by atoms with Crippen LogP contribution in [0.2, 0.25) is 5.28 Å². The van der Waals surface area contributed by atoms with Gasteiger partial charge in [-0.1, -0.05) is 13.3 Å². The number of rotatable bonds is 4. The Labute approximate surface area is 142 Å². The zero-order valence-corrected chi connectivity index (χ0v) is 14.5. The van der Waals surface area contributed by atoms with E-state index in [1.54, 1.807) is 0 Å². The molecule has 23 heavy (non-hydrogen) atoms. The molecule has 0 N–H and O–H groups in total. The normalized spacial score (nSPS) is 25.7. The number of halogens is 1. The lowest BCUT2D eigenvalue weighted by Crippen LogP contribution is -2.47. The summed E-state index contributed by atoms with van der Waals surface area (Å²) in [6.07, 6.45) is 2.14. The Bertz CT molecular complexity index is 531. The number of hydrogen-bond acceptors (Lipinski definition) is 7. The smallest absolute Gasteiger partial charge is 0.231 e. The molecule has 0 aromatic carbocycles. The van der Waals surface area contributed by atoms with E-state index < -0.39 is 0 Å². The van der Waals surface area contributed by atoms with Crippen LogP contribution in [0, 0.1) is 0 Å². The fraction of sp³-hybridized carbons (Fsp3) is 0.800. The Morgan fingerprint density at radius 2 is 1.70 bits per heavy atom. The summed E-state index contributed by atoms with van der Waals surface area (Å²) in [5, 5.41) is 0.241. The Balaban J connectivity index is 1.87. The van der Waals surface area contributed by atoms with Crippen molar-refractivity contribution in [2.45, 2.75) is 38.8 Å². The first-order chi connectivity index (χ1) is 11.2. The Hall–Kier alpha value is -1.18. The van der Waals surface area contributed by atoms with Gasteiger partial charge in [-0.25, -0.2) is 0 Å². The van der Waals surface area contributed by atoms with Crippen LogP contribution in [0.3, 0.4) is 0 Å². The average Bonchev–Trinajstić information content (AvgIpc) is 2.55. The maximum atomic E-state index is 6.18. The van der Waals surface area contributed by atoms with E-state index in [0.29, 0.717) is 44.4 Å². The van der Waals surface area contributed by atoms with Crippen molar-refractivity contribution in [2.24, 2.45) is 0 Å². The summed E-state index contributed by atoms with van der Waals surface area (Å²) in [5.74, 6) is 1.29. The van der Waals surface area contributed by atoms with Gasteiger partial charge in [-0.2, -0.15) is 15.0 Å². The predicted octanol–water partition coefficient (Wildman–Crippen LogP) is 1.76. The van der Waals surface area contributed by atoms with Gasteiger partial charge in [0, 0.05) is 13.1 Å². The molecule has 0 bridgehead atoms. The van der Waals surface area contributed by atoms with Gasteiger partial charge in [-0.3, -0.25) is 0 Å². The molecule has 3 rings (SSSR count). The average molecular weight is 342 g/mol. The van der Waals surface area contributed by atoms with Crippen molar-refractivity contribution in [1.29, 1.82) is 0 Å². The van der Waals surface area contributed by atoms with Crippen LogP contribution in [-0.2, 0) is 9.47 Å². The van der Waals surface area contributed by atoms with Crippen LogP contribution in [0.1, 0.15) is 26.7 Å². The zero-order chi connectivity index (χ0) is 16.2. The van der Waals surface area contributed by atoms with Crippen LogP contribution in [0.4, 0.5) is 11.9 Å². The van der Waals surface area contributed by atoms with Gasteiger partial charge < -0.3 is 19.3 Å². The molecule has 0 spiro atoms. The summed E-state index contributed by atoms with van der Waals surface area (Å²) in [6, 6.07) is 0.522. The highest BCUT2D eigenvalue weighted by Gasteiger charge is 2.28. The molecule has 7 nitrogen and oxygen atoms in total. The number of hydrogen-bond donors (Lipinski definition) is 0. The van der Waals surface area contributed by atoms with Crippen LogP contribution in [-0.4, -0.2) is 66.6 Å². The van der Waals surface area contributed by atoms with E-state index in [1.807, 2.05) is 0 Å². The number of aromatic nitrogens is 3. The molecule has 1 aromatic rings. The van der Waals surface area contributed by atoms with Crippen LogP contribution in [0.15, 0.2) is 0 Å². The lowest BCUT2D eigenvalue weighted by Gasteiger charge is -2.37. The van der Waals surface area contributed by atoms with Crippen LogP contribution >= 0.6 is 11.6 Å². The molecule has 0 unspecified atom stereocenters. The van der Waals surface area contributed by atoms with Gasteiger partial charge in [-0.15, -0.1) is 0 Å². The molecule has 0 radical (unpaired) electrons. The van der Waals surface area contributed by atoms with Crippen LogP contribution in [0.25, 0.3) is 0 Å². The van der Waals surface area contributed by atoms with E-state index in [2.05, 4.69) is 33.6 Å². The largest absolute Gasteiger partial charge is 0.377 e. The number of nitrogens with zero attached hydrogens (tertiary/aromatic N) is 5. The topological polar surface area (TPSA) is 63.6 Å². The molecule has 1 aromatic heterocycles. The van der Waals surface area contributed by atoms with Crippen molar-refractivity contribution in [3.63, 3.8) is 0 Å². The third kappa shape index (κ3) is 3.84. The van der Waals surface area contributed by atoms with Gasteiger partial charge in [0.05, 0.1) is 38.5 Å². The second-order valence-corrected chi connectivity index (χ2v) is 6.37. The molecular weight excluding hydrogens is 318 g/mol. The van der Waals surface area contributed by atoms with E-state index >= 15 is 0 Å². The standard InChI is InChI=1S/C15H24ClN5O2/c1-3-4-12-10-23-8-6-21(12)15-18-13(16)17-14(19-15)20-5-7-22-9-11(20)2/h11-12H,3-10H2,1-2H3/t11-,12-/m1/s1. The number of ether oxygens (including phenoxy) is 2. The van der Waals surface area contributed by atoms with Crippen molar-refractivity contribution in [1.82, 2.24) is 15.0 Å². The minimum Gasteiger partial charge on any atom is -0.377 e. The summed E-state index contributed by atoms with van der Waals surface area (Å²) < 4.78 is 11.1. The molecule has 0 saturated carbocycles. The molecule has 2 fully saturated rings. The fourth-order valence-corrected chi connectivity index (χ4v) is 3.25. The van der Waals surface area contributed by atoms with E-state index in [-0.39, 0.29) is 11.3 Å². The highest BCUT2D eigenvalue weighted by Crippen LogP contribution is 2.23. The molecule has 2 aliphatic rings. The first-order valence-electron chi connectivity index (χ1n) is 8.29. The first kappa shape index (κ1) is 16.7. The van der Waals surface area contributed by atoms with E-state index in [0.717, 1.165) is 25.9 Å². The van der Waals surface area contributed by atoms with Crippen LogP contribution < -0.4 is 9.80 Å². The molecular formula is C15H24ClN5O2. The molecule has 8 heteroatoms. The van der Waals surface area contributed by atoms with Gasteiger partial charge >= 0.3 is 0 Å². The zero-order valence-electron chi connectivity index (χ0n) is 13.7. The number of morpholine rings is 2. The van der Waals surface area contributed by atoms with Crippen molar-refractivity contribution < 1.29 is 9.47 Å². The van der Waals surface area contributed by atoms with E-state index in [9.17, 15) is 0 Å². The second kappa shape index (κ2) is 7.59. The predicted molar refractivity (Wildman–Crippen MR) is 89.3 cm³/mol. The van der Waals surface area contributed by atoms with Crippen molar-refractivity contribution >= 4 is 23.5 Å². The Morgan fingerprint density at radius 1 is 1.04 bits per heavy atom. The Kier molecular flexibility index (Phi) is 5.50. The van der Waals surface area contributed by atoms with E-state index in [4.69, 9.17) is 26.1 Å². The molecule has 0 aliphatic carbocycles. The minimum atomic E-state index is 0.228. The molecule has 2 aliphatic heterocycles. The van der Waals surface area contributed by atoms with Gasteiger partial charge in [0.2, 0.25) is 17.2 Å². The summed E-state index contributed by atoms with van der Waals surface area (Å²) in [6.45, 7) is 8.57. The second-order valence-electron chi connectivity index (χ2n) is 6.03. The van der Waals surface area contributed by atoms with Crippen LogP contribution in [0.5, 0.6) is 0 Å². The van der Waals surface area contributed by atoms with Crippen molar-refractivity contribution in [2.75, 3.05) is 49.3 Å². The van der Waals surface area contributed by atoms with Crippen molar-refractivity contribution in [3.8, 4) is 0 Å². The Morgan fingerprint density at radius 3 is 2.39 bits per heavy atom. The lowest BCUT2D eigenvalue weighted by atomic mass is 10.1. The third-order valence-electron chi connectivity index (χ3n) is 4.32. The highest BCUT2D eigenvalue weighted by molar-refractivity contribution is 6.28. The van der Waals surface area contributed by atoms with E-state index in [1.165, 1.54) is 0 Å². The SMILES string of the molecule is CCC[C@@H]1COCCN1c1nc(Cl)nc(N2CCOC[C@H]2C)n1. The third-order valence-corrected chi connectivity index (χ3v) is 4.48. The molecule has 0 amide bonds. The molecule has 2 saturated heterocycles. The van der Waals surface area contributed by atoms with Gasteiger partial charge in [0.25, 0.3) is 0 Å². The molecule has 2 atom stereocenters. The first-order valence-corrected chi connectivity index (χ1v) is 8.67. The van der Waals surface area contributed by atoms with Gasteiger partial charge in [0.1, 0.15) is 0 Å². The monoisotopic (exact) mass is 341 g/mol. The fourth-order valence-electron chi connectivity index (χ4n) is 3.10. The lowest BCUT2D eigenvalue weighted by molar-refractivity contribution is 0.0902. The quantitative estimate of drug-likeness (QED) is 0.826. The number of anilines is 2. The molecule has 128 valence electrons. The maximum Gasteiger partial charge on any atom is 0.231 e. The van der Waals surface area contributed by atoms with Gasteiger partial charge in [-0.05, 0) is 24.9 Å². The summed E-state index contributed by atoms with van der Waals surface area (Å²) in [4.78, 5) is 17.7.